The van der Waals surface area contributed by atoms with Gasteiger partial charge in [0.1, 0.15) is 22.5 Å². The summed E-state index contributed by atoms with van der Waals surface area (Å²) in [5.74, 6) is -3.92. The van der Waals surface area contributed by atoms with E-state index in [1.54, 1.807) is 13.8 Å². The van der Waals surface area contributed by atoms with Crippen molar-refractivity contribution in [2.45, 2.75) is 20.3 Å². The fourth-order valence-corrected chi connectivity index (χ4v) is 3.53. The van der Waals surface area contributed by atoms with Crippen molar-refractivity contribution >= 4 is 18.2 Å². The zero-order valence-electron chi connectivity index (χ0n) is 23.1. The highest BCUT2D eigenvalue weighted by Crippen LogP contribution is 2.28. The van der Waals surface area contributed by atoms with E-state index in [-0.39, 0.29) is 47.3 Å². The Morgan fingerprint density at radius 3 is 1.65 bits per heavy atom. The molecule has 4 aromatic rings. The van der Waals surface area contributed by atoms with Gasteiger partial charge in [-0.15, -0.1) is 10.2 Å². The fourth-order valence-electron chi connectivity index (χ4n) is 3.53. The van der Waals surface area contributed by atoms with Gasteiger partial charge in [0.2, 0.25) is 0 Å². The van der Waals surface area contributed by atoms with Crippen LogP contribution in [-0.2, 0) is 9.47 Å². The van der Waals surface area contributed by atoms with E-state index in [1.807, 2.05) is 0 Å². The van der Waals surface area contributed by atoms with Gasteiger partial charge in [-0.05, 0) is 38.1 Å². The van der Waals surface area contributed by atoms with Gasteiger partial charge in [0.15, 0.2) is 29.4 Å². The third-order valence-electron chi connectivity index (χ3n) is 5.43. The smallest absolute Gasteiger partial charge is 0.343 e. The summed E-state index contributed by atoms with van der Waals surface area (Å²) >= 11 is 0. The first-order valence-corrected chi connectivity index (χ1v) is 12.3. The van der Waals surface area contributed by atoms with E-state index in [2.05, 4.69) is 20.6 Å². The van der Waals surface area contributed by atoms with Crippen LogP contribution >= 0.6 is 0 Å². The Bertz CT molecular complexity index is 1610. The molecule has 0 fully saturated rings. The number of alkyl halides is 2. The summed E-state index contributed by atoms with van der Waals surface area (Å²) in [6.45, 7) is 3.27. The summed E-state index contributed by atoms with van der Waals surface area (Å²) in [5, 5.41) is 14.0. The minimum atomic E-state index is -2.83. The number of methoxy groups -OCH3 is 2. The molecule has 0 unspecified atom stereocenters. The standard InChI is InChI=1S/C13H12F3N3O3.C13H12FN3O4/c1-3-22-13(20)10-8(4-5-9(21-2)11(10)14)19-6-7(12(15)16)17-18-19;1-3-21-13(19)11-9(4-5-10(20-2)12(11)14)17-6-8(7-18)15-16-17/h4-6,12H,3H2,1-2H3;4-7H,3H2,1-2H3. The average Bonchev–Trinajstić information content (AvgIpc) is 3.68. The zero-order valence-corrected chi connectivity index (χ0v) is 23.1. The molecule has 0 atom stereocenters. The molecule has 2 aromatic heterocycles. The van der Waals surface area contributed by atoms with E-state index in [1.165, 1.54) is 44.7 Å². The summed E-state index contributed by atoms with van der Waals surface area (Å²) in [4.78, 5) is 34.5. The summed E-state index contributed by atoms with van der Waals surface area (Å²) in [6.07, 6.45) is -0.151. The van der Waals surface area contributed by atoms with Gasteiger partial charge in [-0.2, -0.15) is 0 Å². The van der Waals surface area contributed by atoms with Crippen LogP contribution < -0.4 is 9.47 Å². The van der Waals surface area contributed by atoms with Crippen molar-refractivity contribution in [3.05, 3.63) is 70.8 Å². The molecule has 2 heterocycles. The topological polar surface area (TPSA) is 150 Å². The molecule has 17 heteroatoms. The molecule has 0 aliphatic carbocycles. The molecule has 228 valence electrons. The number of halogens is 4. The average molecular weight is 609 g/mol. The van der Waals surface area contributed by atoms with Crippen molar-refractivity contribution in [2.24, 2.45) is 0 Å². The molecular formula is C26H24F4N6O7. The van der Waals surface area contributed by atoms with Gasteiger partial charge in [-0.25, -0.2) is 36.5 Å². The second-order valence-electron chi connectivity index (χ2n) is 7.99. The lowest BCUT2D eigenvalue weighted by molar-refractivity contribution is 0.0510. The van der Waals surface area contributed by atoms with Crippen LogP contribution in [0.25, 0.3) is 11.4 Å². The predicted molar refractivity (Wildman–Crippen MR) is 138 cm³/mol. The second-order valence-corrected chi connectivity index (χ2v) is 7.99. The highest BCUT2D eigenvalue weighted by atomic mass is 19.3. The van der Waals surface area contributed by atoms with Crippen LogP contribution in [0.5, 0.6) is 11.5 Å². The van der Waals surface area contributed by atoms with Crippen LogP contribution in [0.15, 0.2) is 36.7 Å². The van der Waals surface area contributed by atoms with E-state index in [0.717, 1.165) is 15.6 Å². The van der Waals surface area contributed by atoms with Gasteiger partial charge in [-0.1, -0.05) is 10.4 Å². The van der Waals surface area contributed by atoms with Crippen molar-refractivity contribution < 1.29 is 50.9 Å². The van der Waals surface area contributed by atoms with E-state index < -0.39 is 41.3 Å². The van der Waals surface area contributed by atoms with Crippen LogP contribution in [0.1, 0.15) is 57.2 Å². The van der Waals surface area contributed by atoms with Gasteiger partial charge in [0, 0.05) is 0 Å². The number of benzene rings is 2. The third-order valence-corrected chi connectivity index (χ3v) is 5.43. The maximum absolute atomic E-state index is 14.3. The normalized spacial score (nSPS) is 10.5. The number of aldehydes is 1. The molecular weight excluding hydrogens is 584 g/mol. The number of carbonyl (C=O) groups excluding carboxylic acids is 3. The molecule has 0 saturated heterocycles. The van der Waals surface area contributed by atoms with Crippen molar-refractivity contribution in [1.82, 2.24) is 30.0 Å². The number of rotatable bonds is 10. The first-order chi connectivity index (χ1) is 20.6. The number of aromatic nitrogens is 6. The fraction of sp³-hybridized carbons (Fsp3) is 0.269. The van der Waals surface area contributed by atoms with Gasteiger partial charge >= 0.3 is 11.9 Å². The Labute approximate surface area is 240 Å². The molecule has 0 N–H and O–H groups in total. The highest BCUT2D eigenvalue weighted by molar-refractivity contribution is 5.95. The SMILES string of the molecule is CCOC(=O)c1c(-n2cc(C(F)F)nn2)ccc(OC)c1F.CCOC(=O)c1c(-n2cc(C=O)nn2)ccc(OC)c1F. The number of esters is 2. The lowest BCUT2D eigenvalue weighted by Gasteiger charge is -2.11. The molecule has 0 radical (unpaired) electrons. The van der Waals surface area contributed by atoms with Gasteiger partial charge < -0.3 is 18.9 Å². The van der Waals surface area contributed by atoms with E-state index >= 15 is 0 Å². The van der Waals surface area contributed by atoms with Crippen molar-refractivity contribution in [3.8, 4) is 22.9 Å². The minimum absolute atomic E-state index is 0.0224. The molecule has 0 spiro atoms. The van der Waals surface area contributed by atoms with E-state index in [0.29, 0.717) is 6.29 Å². The third kappa shape index (κ3) is 7.11. The van der Waals surface area contributed by atoms with Crippen LogP contribution in [-0.4, -0.2) is 75.6 Å². The molecule has 0 saturated carbocycles. The van der Waals surface area contributed by atoms with Crippen molar-refractivity contribution in [2.75, 3.05) is 27.4 Å². The number of carbonyl (C=O) groups is 3. The highest BCUT2D eigenvalue weighted by Gasteiger charge is 2.25. The number of ether oxygens (including phenoxy) is 4. The molecule has 4 rings (SSSR count). The lowest BCUT2D eigenvalue weighted by atomic mass is 10.1. The molecule has 0 amide bonds. The predicted octanol–water partition coefficient (Wildman–Crippen LogP) is 3.93. The largest absolute Gasteiger partial charge is 0.494 e. The summed E-state index contributed by atoms with van der Waals surface area (Å²) in [7, 11) is 2.52. The Kier molecular flexibility index (Phi) is 10.9. The van der Waals surface area contributed by atoms with Gasteiger partial charge in [0.25, 0.3) is 6.43 Å². The molecule has 0 aliphatic rings. The van der Waals surface area contributed by atoms with E-state index in [9.17, 15) is 31.9 Å². The van der Waals surface area contributed by atoms with Crippen LogP contribution in [0.2, 0.25) is 0 Å². The minimum Gasteiger partial charge on any atom is -0.494 e. The van der Waals surface area contributed by atoms with Crippen molar-refractivity contribution in [3.63, 3.8) is 0 Å². The van der Waals surface area contributed by atoms with Crippen LogP contribution in [0.4, 0.5) is 17.6 Å². The molecule has 0 aliphatic heterocycles. The Hall–Kier alpha value is -5.35. The van der Waals surface area contributed by atoms with Gasteiger partial charge in [0.05, 0.1) is 51.2 Å². The Balaban J connectivity index is 0.000000236. The first-order valence-electron chi connectivity index (χ1n) is 12.3. The quantitative estimate of drug-likeness (QED) is 0.146. The van der Waals surface area contributed by atoms with Crippen molar-refractivity contribution in [1.29, 1.82) is 0 Å². The molecule has 2 aromatic carbocycles. The molecule has 43 heavy (non-hydrogen) atoms. The summed E-state index contributed by atoms with van der Waals surface area (Å²) in [6, 6.07) is 5.32. The summed E-state index contributed by atoms with van der Waals surface area (Å²) in [5.41, 5.74) is -1.30. The van der Waals surface area contributed by atoms with Gasteiger partial charge in [-0.3, -0.25) is 4.79 Å². The zero-order chi connectivity index (χ0) is 31.7. The maximum Gasteiger partial charge on any atom is 0.343 e. The number of hydrogen-bond acceptors (Lipinski definition) is 11. The molecule has 0 bridgehead atoms. The van der Waals surface area contributed by atoms with Crippen LogP contribution in [0.3, 0.4) is 0 Å². The second kappa shape index (κ2) is 14.5. The Morgan fingerprint density at radius 2 is 1.28 bits per heavy atom. The Morgan fingerprint density at radius 1 is 0.814 bits per heavy atom. The van der Waals surface area contributed by atoms with Crippen LogP contribution in [0, 0.1) is 11.6 Å². The summed E-state index contributed by atoms with van der Waals surface area (Å²) < 4.78 is 75.1. The monoisotopic (exact) mass is 608 g/mol. The van der Waals surface area contributed by atoms with E-state index in [4.69, 9.17) is 18.9 Å². The maximum atomic E-state index is 14.3. The molecule has 13 nitrogen and oxygen atoms in total. The first kappa shape index (κ1) is 32.2. The lowest BCUT2D eigenvalue weighted by Crippen LogP contribution is -2.13. The number of hydrogen-bond donors (Lipinski definition) is 0. The number of nitrogens with zero attached hydrogens (tertiary/aromatic N) is 6.